The largest absolute Gasteiger partial charge is 0.379 e. The fourth-order valence-corrected chi connectivity index (χ4v) is 3.67. The summed E-state index contributed by atoms with van der Waals surface area (Å²) in [6, 6.07) is 5.42. The van der Waals surface area contributed by atoms with E-state index in [1.807, 2.05) is 27.6 Å². The Hall–Kier alpha value is -3.17. The van der Waals surface area contributed by atoms with Gasteiger partial charge in [0.2, 0.25) is 5.65 Å². The third-order valence-corrected chi connectivity index (χ3v) is 4.92. The van der Waals surface area contributed by atoms with Gasteiger partial charge in [0, 0.05) is 43.2 Å². The first kappa shape index (κ1) is 16.0. The molecule has 2 aliphatic rings. The van der Waals surface area contributed by atoms with Gasteiger partial charge in [0.25, 0.3) is 5.56 Å². The molecule has 0 saturated carbocycles. The van der Waals surface area contributed by atoms with Gasteiger partial charge in [-0.15, -0.1) is 0 Å². The summed E-state index contributed by atoms with van der Waals surface area (Å²) in [7, 11) is 0. The minimum Gasteiger partial charge on any atom is -0.379 e. The molecule has 1 aliphatic carbocycles. The van der Waals surface area contributed by atoms with Gasteiger partial charge in [-0.2, -0.15) is 0 Å². The fourth-order valence-electron chi connectivity index (χ4n) is 3.67. The van der Waals surface area contributed by atoms with Gasteiger partial charge in [0.15, 0.2) is 0 Å². The van der Waals surface area contributed by atoms with Crippen LogP contribution in [0.4, 0.5) is 10.5 Å². The number of rotatable bonds is 2. The van der Waals surface area contributed by atoms with Gasteiger partial charge in [-0.1, -0.05) is 6.07 Å². The zero-order valence-corrected chi connectivity index (χ0v) is 14.5. The lowest BCUT2D eigenvalue weighted by molar-refractivity contribution is 0.0207. The first-order chi connectivity index (χ1) is 13.2. The van der Waals surface area contributed by atoms with Crippen molar-refractivity contribution < 1.29 is 9.53 Å². The maximum atomic E-state index is 12.2. The number of H-pyrrole nitrogens is 1. The van der Waals surface area contributed by atoms with Crippen LogP contribution < -0.4 is 16.3 Å². The molecule has 0 spiro atoms. The molecule has 0 bridgehead atoms. The SMILES string of the molecule is O=C(Nc1ccc2c(c1)Cc1c-2[nH]c(=O)c2nccn12)NN1CCOCC1. The van der Waals surface area contributed by atoms with Crippen LogP contribution in [0.2, 0.25) is 0 Å². The number of carbonyl (C=O) groups is 1. The quantitative estimate of drug-likeness (QED) is 0.490. The van der Waals surface area contributed by atoms with E-state index < -0.39 is 0 Å². The van der Waals surface area contributed by atoms with Gasteiger partial charge in [-0.25, -0.2) is 14.8 Å². The van der Waals surface area contributed by atoms with Crippen LogP contribution in [-0.2, 0) is 11.2 Å². The van der Waals surface area contributed by atoms with Crippen LogP contribution in [0.3, 0.4) is 0 Å². The Bertz CT molecular complexity index is 1100. The molecule has 1 aliphatic heterocycles. The summed E-state index contributed by atoms with van der Waals surface area (Å²) in [5.74, 6) is 0. The van der Waals surface area contributed by atoms with Gasteiger partial charge in [-0.05, 0) is 17.7 Å². The van der Waals surface area contributed by atoms with Gasteiger partial charge in [-0.3, -0.25) is 14.6 Å². The third-order valence-electron chi connectivity index (χ3n) is 4.92. The van der Waals surface area contributed by atoms with Crippen molar-refractivity contribution in [2.24, 2.45) is 0 Å². The lowest BCUT2D eigenvalue weighted by Gasteiger charge is -2.26. The maximum absolute atomic E-state index is 12.2. The Morgan fingerprint density at radius 1 is 1.26 bits per heavy atom. The van der Waals surface area contributed by atoms with Gasteiger partial charge < -0.3 is 15.0 Å². The number of morpholine rings is 1. The minimum absolute atomic E-state index is 0.210. The molecule has 1 aromatic carbocycles. The number of hydrogen-bond donors (Lipinski definition) is 3. The summed E-state index contributed by atoms with van der Waals surface area (Å²) in [6.07, 6.45) is 4.08. The highest BCUT2D eigenvalue weighted by atomic mass is 16.5. The molecule has 2 amide bonds. The number of carbonyl (C=O) groups excluding carboxylic acids is 1. The van der Waals surface area contributed by atoms with Crippen LogP contribution in [-0.4, -0.2) is 51.7 Å². The summed E-state index contributed by atoms with van der Waals surface area (Å²) < 4.78 is 7.09. The smallest absolute Gasteiger partial charge is 0.333 e. The normalized spacial score (nSPS) is 16.1. The predicted molar refractivity (Wildman–Crippen MR) is 98.6 cm³/mol. The van der Waals surface area contributed by atoms with Crippen LogP contribution in [0.15, 0.2) is 35.4 Å². The summed E-state index contributed by atoms with van der Waals surface area (Å²) in [5, 5.41) is 4.70. The second-order valence-corrected chi connectivity index (χ2v) is 6.61. The van der Waals surface area contributed by atoms with Crippen molar-refractivity contribution in [1.82, 2.24) is 24.8 Å². The van der Waals surface area contributed by atoms with E-state index in [4.69, 9.17) is 4.74 Å². The average molecular weight is 366 g/mol. The van der Waals surface area contributed by atoms with Gasteiger partial charge >= 0.3 is 6.03 Å². The molecule has 0 atom stereocenters. The second-order valence-electron chi connectivity index (χ2n) is 6.61. The monoisotopic (exact) mass is 366 g/mol. The van der Waals surface area contributed by atoms with Crippen LogP contribution in [0.25, 0.3) is 16.9 Å². The van der Waals surface area contributed by atoms with E-state index in [1.165, 1.54) is 0 Å². The average Bonchev–Trinajstić information content (AvgIpc) is 3.27. The number of ether oxygens (including phenoxy) is 1. The van der Waals surface area contributed by atoms with Crippen molar-refractivity contribution in [3.8, 4) is 11.3 Å². The Morgan fingerprint density at radius 3 is 2.96 bits per heavy atom. The molecule has 138 valence electrons. The number of benzene rings is 1. The summed E-state index contributed by atoms with van der Waals surface area (Å²) in [5.41, 5.74) is 7.53. The number of aromatic amines is 1. The van der Waals surface area contributed by atoms with E-state index in [-0.39, 0.29) is 11.6 Å². The number of urea groups is 1. The third kappa shape index (κ3) is 2.77. The number of aromatic nitrogens is 3. The van der Waals surface area contributed by atoms with Crippen LogP contribution in [0.5, 0.6) is 0 Å². The maximum Gasteiger partial charge on any atom is 0.333 e. The first-order valence-electron chi connectivity index (χ1n) is 8.81. The first-order valence-corrected chi connectivity index (χ1v) is 8.81. The van der Waals surface area contributed by atoms with Crippen molar-refractivity contribution in [3.05, 3.63) is 52.2 Å². The Labute approximate surface area is 153 Å². The Balaban J connectivity index is 1.38. The molecule has 2 aromatic heterocycles. The van der Waals surface area contributed by atoms with Crippen molar-refractivity contribution in [1.29, 1.82) is 0 Å². The van der Waals surface area contributed by atoms with Gasteiger partial charge in [0.05, 0.1) is 24.6 Å². The number of amides is 2. The number of anilines is 1. The summed E-state index contributed by atoms with van der Waals surface area (Å²) >= 11 is 0. The van der Waals surface area contributed by atoms with Crippen molar-refractivity contribution in [2.75, 3.05) is 31.6 Å². The molecular weight excluding hydrogens is 348 g/mol. The number of hydrogen-bond acceptors (Lipinski definition) is 5. The molecule has 9 heteroatoms. The summed E-state index contributed by atoms with van der Waals surface area (Å²) in [4.78, 5) is 31.5. The molecule has 3 N–H and O–H groups in total. The zero-order chi connectivity index (χ0) is 18.4. The summed E-state index contributed by atoms with van der Waals surface area (Å²) in [6.45, 7) is 2.55. The van der Waals surface area contributed by atoms with Crippen LogP contribution in [0, 0.1) is 0 Å². The van der Waals surface area contributed by atoms with E-state index >= 15 is 0 Å². The van der Waals surface area contributed by atoms with E-state index in [0.29, 0.717) is 44.1 Å². The molecule has 27 heavy (non-hydrogen) atoms. The van der Waals surface area contributed by atoms with E-state index in [2.05, 4.69) is 20.7 Å². The lowest BCUT2D eigenvalue weighted by Crippen LogP contribution is -2.49. The standard InChI is InChI=1S/C18H18N6O3/c25-17-16-19-3-4-24(16)14-10-11-9-12(1-2-13(11)15(14)21-17)20-18(26)22-23-5-7-27-8-6-23/h1-4,9H,5-8,10H2,(H,21,25)(H2,20,22,26). The number of nitrogens with one attached hydrogen (secondary N) is 3. The van der Waals surface area contributed by atoms with Crippen LogP contribution >= 0.6 is 0 Å². The number of fused-ring (bicyclic) bond motifs is 5. The van der Waals surface area contributed by atoms with E-state index in [9.17, 15) is 9.59 Å². The molecule has 3 heterocycles. The second kappa shape index (κ2) is 6.22. The van der Waals surface area contributed by atoms with Crippen LogP contribution in [0.1, 0.15) is 11.3 Å². The topological polar surface area (TPSA) is 104 Å². The van der Waals surface area contributed by atoms with Crippen molar-refractivity contribution in [3.63, 3.8) is 0 Å². The van der Waals surface area contributed by atoms with E-state index in [1.54, 1.807) is 12.4 Å². The van der Waals surface area contributed by atoms with Gasteiger partial charge in [0.1, 0.15) is 0 Å². The molecule has 9 nitrogen and oxygen atoms in total. The molecule has 0 radical (unpaired) electrons. The highest BCUT2D eigenvalue weighted by Crippen LogP contribution is 2.35. The number of imidazole rings is 1. The molecule has 1 fully saturated rings. The molecule has 3 aromatic rings. The number of hydrazine groups is 1. The fraction of sp³-hybridized carbons (Fsp3) is 0.278. The predicted octanol–water partition coefficient (Wildman–Crippen LogP) is 0.962. The number of nitrogens with zero attached hydrogens (tertiary/aromatic N) is 3. The molecular formula is C18H18N6O3. The molecule has 0 unspecified atom stereocenters. The highest BCUT2D eigenvalue weighted by molar-refractivity contribution is 5.90. The minimum atomic E-state index is -0.280. The Morgan fingerprint density at radius 2 is 2.11 bits per heavy atom. The van der Waals surface area contributed by atoms with E-state index in [0.717, 1.165) is 22.5 Å². The van der Waals surface area contributed by atoms with Crippen molar-refractivity contribution >= 4 is 17.4 Å². The zero-order valence-electron chi connectivity index (χ0n) is 14.5. The molecule has 5 rings (SSSR count). The van der Waals surface area contributed by atoms with Crippen molar-refractivity contribution in [2.45, 2.75) is 6.42 Å². The molecule has 1 saturated heterocycles. The Kier molecular flexibility index (Phi) is 3.69. The lowest BCUT2D eigenvalue weighted by atomic mass is 10.1. The highest BCUT2D eigenvalue weighted by Gasteiger charge is 2.24.